The van der Waals surface area contributed by atoms with Crippen LogP contribution < -0.4 is 0 Å². The first-order valence-corrected chi connectivity index (χ1v) is 5.51. The lowest BCUT2D eigenvalue weighted by Gasteiger charge is -2.28. The molecule has 0 heterocycles. The number of rotatable bonds is 4. The highest BCUT2D eigenvalue weighted by Crippen LogP contribution is 2.28. The Labute approximate surface area is 74.6 Å². The van der Waals surface area contributed by atoms with E-state index < -0.39 is 0 Å². The second kappa shape index (κ2) is 5.04. The van der Waals surface area contributed by atoms with Gasteiger partial charge in [0.05, 0.1) is 0 Å². The Balaban J connectivity index is 3.76. The Morgan fingerprint density at radius 3 is 2.18 bits per heavy atom. The van der Waals surface area contributed by atoms with E-state index in [2.05, 4.69) is 27.0 Å². The number of hydrogen-bond donors (Lipinski definition) is 1. The lowest BCUT2D eigenvalue weighted by atomic mass is 9.80. The summed E-state index contributed by atoms with van der Waals surface area (Å²) in [7, 11) is 0. The Hall–Kier alpha value is 0.310. The normalized spacial score (nSPS) is 15.0. The first-order chi connectivity index (χ1) is 5.02. The average Bonchev–Trinajstić information content (AvgIpc) is 1.87. The maximum absolute atomic E-state index is 9.08. The lowest BCUT2D eigenvalue weighted by Crippen LogP contribution is -2.24. The molecule has 0 saturated heterocycles. The van der Waals surface area contributed by atoms with Crippen molar-refractivity contribution in [2.75, 3.05) is 18.6 Å². The van der Waals surface area contributed by atoms with Crippen molar-refractivity contribution in [1.82, 2.24) is 0 Å². The largest absolute Gasteiger partial charge is 0.396 e. The van der Waals surface area contributed by atoms with Crippen molar-refractivity contribution in [2.45, 2.75) is 27.2 Å². The zero-order valence-electron chi connectivity index (χ0n) is 8.05. The fourth-order valence-electron chi connectivity index (χ4n) is 1.06. The molecule has 0 unspecified atom stereocenters. The summed E-state index contributed by atoms with van der Waals surface area (Å²) >= 11 is 1.85. The van der Waals surface area contributed by atoms with Crippen LogP contribution in [0.2, 0.25) is 0 Å². The SMILES string of the molecule is CSCC[C@@H](CO)C(C)(C)C. The van der Waals surface area contributed by atoms with Gasteiger partial charge < -0.3 is 5.11 Å². The molecule has 0 aliphatic carbocycles. The molecule has 11 heavy (non-hydrogen) atoms. The molecular weight excluding hydrogens is 156 g/mol. The van der Waals surface area contributed by atoms with Crippen molar-refractivity contribution in [3.8, 4) is 0 Å². The molecular formula is C9H20OS. The summed E-state index contributed by atoms with van der Waals surface area (Å²) in [5.74, 6) is 1.61. The molecule has 0 aromatic rings. The van der Waals surface area contributed by atoms with Crippen molar-refractivity contribution < 1.29 is 5.11 Å². The van der Waals surface area contributed by atoms with Crippen LogP contribution in [0.3, 0.4) is 0 Å². The van der Waals surface area contributed by atoms with E-state index in [0.717, 1.165) is 12.2 Å². The molecule has 0 saturated carbocycles. The van der Waals surface area contributed by atoms with E-state index in [1.807, 2.05) is 11.8 Å². The lowest BCUT2D eigenvalue weighted by molar-refractivity contribution is 0.128. The Morgan fingerprint density at radius 2 is 1.91 bits per heavy atom. The molecule has 68 valence electrons. The van der Waals surface area contributed by atoms with Crippen LogP contribution in [0.5, 0.6) is 0 Å². The molecule has 1 atom stereocenters. The molecule has 0 aliphatic rings. The first-order valence-electron chi connectivity index (χ1n) is 4.12. The van der Waals surface area contributed by atoms with E-state index in [9.17, 15) is 0 Å². The van der Waals surface area contributed by atoms with Gasteiger partial charge in [0.2, 0.25) is 0 Å². The molecule has 0 rings (SSSR count). The van der Waals surface area contributed by atoms with E-state index >= 15 is 0 Å². The summed E-state index contributed by atoms with van der Waals surface area (Å²) in [6.45, 7) is 6.89. The minimum absolute atomic E-state index is 0.254. The molecule has 0 aliphatic heterocycles. The van der Waals surface area contributed by atoms with Gasteiger partial charge >= 0.3 is 0 Å². The highest BCUT2D eigenvalue weighted by Gasteiger charge is 2.22. The van der Waals surface area contributed by atoms with Crippen LogP contribution in [0.4, 0.5) is 0 Å². The summed E-state index contributed by atoms with van der Waals surface area (Å²) in [6.07, 6.45) is 3.23. The molecule has 1 nitrogen and oxygen atoms in total. The third-order valence-corrected chi connectivity index (χ3v) is 2.76. The van der Waals surface area contributed by atoms with Crippen molar-refractivity contribution in [3.63, 3.8) is 0 Å². The third kappa shape index (κ3) is 4.70. The second-order valence-corrected chi connectivity index (χ2v) is 5.01. The number of aliphatic hydroxyl groups excluding tert-OH is 1. The molecule has 0 bridgehead atoms. The van der Waals surface area contributed by atoms with Gasteiger partial charge in [-0.15, -0.1) is 0 Å². The Bertz CT molecular complexity index is 96.2. The third-order valence-electron chi connectivity index (χ3n) is 2.12. The highest BCUT2D eigenvalue weighted by atomic mass is 32.2. The molecule has 0 amide bonds. The van der Waals surface area contributed by atoms with Gasteiger partial charge in [0.15, 0.2) is 0 Å². The van der Waals surface area contributed by atoms with Crippen LogP contribution in [0.1, 0.15) is 27.2 Å². The summed E-state index contributed by atoms with van der Waals surface area (Å²) in [5.41, 5.74) is 0.254. The number of thioether (sulfide) groups is 1. The maximum Gasteiger partial charge on any atom is 0.0464 e. The first kappa shape index (κ1) is 11.3. The molecule has 0 fully saturated rings. The zero-order chi connectivity index (χ0) is 8.91. The van der Waals surface area contributed by atoms with Crippen LogP contribution >= 0.6 is 11.8 Å². The van der Waals surface area contributed by atoms with Crippen LogP contribution in [-0.2, 0) is 0 Å². The van der Waals surface area contributed by atoms with E-state index in [-0.39, 0.29) is 5.41 Å². The van der Waals surface area contributed by atoms with Gasteiger partial charge in [0.1, 0.15) is 0 Å². The van der Waals surface area contributed by atoms with Gasteiger partial charge in [-0.05, 0) is 29.8 Å². The molecule has 2 heteroatoms. The quantitative estimate of drug-likeness (QED) is 0.710. The molecule has 1 N–H and O–H groups in total. The summed E-state index contributed by atoms with van der Waals surface area (Å²) in [5, 5.41) is 9.08. The predicted molar refractivity (Wildman–Crippen MR) is 53.0 cm³/mol. The van der Waals surface area contributed by atoms with Crippen LogP contribution in [0.15, 0.2) is 0 Å². The predicted octanol–water partition coefficient (Wildman–Crippen LogP) is 2.39. The van der Waals surface area contributed by atoms with Gasteiger partial charge in [0, 0.05) is 6.61 Å². The van der Waals surface area contributed by atoms with Crippen molar-refractivity contribution in [2.24, 2.45) is 11.3 Å². The minimum atomic E-state index is 0.254. The summed E-state index contributed by atoms with van der Waals surface area (Å²) in [4.78, 5) is 0. The second-order valence-electron chi connectivity index (χ2n) is 4.03. The maximum atomic E-state index is 9.08. The van der Waals surface area contributed by atoms with Gasteiger partial charge in [0.25, 0.3) is 0 Å². The molecule has 0 aromatic carbocycles. The van der Waals surface area contributed by atoms with E-state index in [1.54, 1.807) is 0 Å². The Morgan fingerprint density at radius 1 is 1.36 bits per heavy atom. The summed E-state index contributed by atoms with van der Waals surface area (Å²) < 4.78 is 0. The number of aliphatic hydroxyl groups is 1. The fourth-order valence-corrected chi connectivity index (χ4v) is 1.58. The number of hydrogen-bond acceptors (Lipinski definition) is 2. The minimum Gasteiger partial charge on any atom is -0.396 e. The van der Waals surface area contributed by atoms with Crippen molar-refractivity contribution >= 4 is 11.8 Å². The molecule has 0 radical (unpaired) electrons. The van der Waals surface area contributed by atoms with Crippen molar-refractivity contribution in [1.29, 1.82) is 0 Å². The highest BCUT2D eigenvalue weighted by molar-refractivity contribution is 7.98. The zero-order valence-corrected chi connectivity index (χ0v) is 8.87. The van der Waals surface area contributed by atoms with Gasteiger partial charge in [-0.1, -0.05) is 20.8 Å². The van der Waals surface area contributed by atoms with Gasteiger partial charge in [-0.25, -0.2) is 0 Å². The van der Waals surface area contributed by atoms with Crippen LogP contribution in [0.25, 0.3) is 0 Å². The van der Waals surface area contributed by atoms with Gasteiger partial charge in [-0.2, -0.15) is 11.8 Å². The van der Waals surface area contributed by atoms with Crippen LogP contribution in [0, 0.1) is 11.3 Å². The monoisotopic (exact) mass is 176 g/mol. The smallest absolute Gasteiger partial charge is 0.0464 e. The van der Waals surface area contributed by atoms with E-state index in [4.69, 9.17) is 5.11 Å². The Kier molecular flexibility index (Phi) is 5.19. The topological polar surface area (TPSA) is 20.2 Å². The fraction of sp³-hybridized carbons (Fsp3) is 1.00. The standard InChI is InChI=1S/C9H20OS/c1-9(2,3)8(7-10)5-6-11-4/h8,10H,5-7H2,1-4H3/t8-/m0/s1. The average molecular weight is 176 g/mol. The van der Waals surface area contributed by atoms with E-state index in [1.165, 1.54) is 0 Å². The molecule has 0 spiro atoms. The van der Waals surface area contributed by atoms with E-state index in [0.29, 0.717) is 12.5 Å². The van der Waals surface area contributed by atoms with Gasteiger partial charge in [-0.3, -0.25) is 0 Å². The summed E-state index contributed by atoms with van der Waals surface area (Å²) in [6, 6.07) is 0. The van der Waals surface area contributed by atoms with Crippen LogP contribution in [-0.4, -0.2) is 23.7 Å². The van der Waals surface area contributed by atoms with Crippen molar-refractivity contribution in [3.05, 3.63) is 0 Å². The molecule has 0 aromatic heterocycles.